The molecule has 0 fully saturated rings. The van der Waals surface area contributed by atoms with Gasteiger partial charge in [0.05, 0.1) is 10.2 Å². The van der Waals surface area contributed by atoms with E-state index in [1.165, 1.54) is 12.1 Å². The SMILES string of the molecule is CCn1nc(-c2cc(F)cc(F)c2)c(Br)c1C. The Balaban J connectivity index is 2.60. The third-order valence-electron chi connectivity index (χ3n) is 2.57. The lowest BCUT2D eigenvalue weighted by atomic mass is 10.1. The van der Waals surface area contributed by atoms with Gasteiger partial charge < -0.3 is 0 Å². The van der Waals surface area contributed by atoms with E-state index in [-0.39, 0.29) is 0 Å². The maximum Gasteiger partial charge on any atom is 0.126 e. The minimum Gasteiger partial charge on any atom is -0.268 e. The molecule has 0 spiro atoms. The molecule has 1 aromatic carbocycles. The molecule has 0 aliphatic heterocycles. The van der Waals surface area contributed by atoms with Crippen LogP contribution in [0.2, 0.25) is 0 Å². The fraction of sp³-hybridized carbons (Fsp3) is 0.250. The summed E-state index contributed by atoms with van der Waals surface area (Å²) in [5.74, 6) is -1.20. The molecule has 1 heterocycles. The normalized spacial score (nSPS) is 10.9. The quantitative estimate of drug-likeness (QED) is 0.822. The molecular weight excluding hydrogens is 290 g/mol. The van der Waals surface area contributed by atoms with Gasteiger partial charge in [0, 0.05) is 18.2 Å². The minimum atomic E-state index is -0.601. The fourth-order valence-corrected chi connectivity index (χ4v) is 2.22. The molecule has 0 saturated carbocycles. The first-order valence-corrected chi connectivity index (χ1v) is 6.01. The summed E-state index contributed by atoms with van der Waals surface area (Å²) >= 11 is 3.40. The van der Waals surface area contributed by atoms with Gasteiger partial charge >= 0.3 is 0 Å². The second-order valence-corrected chi connectivity index (χ2v) is 4.51. The van der Waals surface area contributed by atoms with Crippen LogP contribution in [-0.2, 0) is 6.54 Å². The number of hydrogen-bond donors (Lipinski definition) is 0. The van der Waals surface area contributed by atoms with E-state index in [0.717, 1.165) is 16.2 Å². The van der Waals surface area contributed by atoms with E-state index in [2.05, 4.69) is 21.0 Å². The van der Waals surface area contributed by atoms with Gasteiger partial charge in [-0.15, -0.1) is 0 Å². The van der Waals surface area contributed by atoms with Gasteiger partial charge in [0.2, 0.25) is 0 Å². The second-order valence-electron chi connectivity index (χ2n) is 3.72. The summed E-state index contributed by atoms with van der Waals surface area (Å²) in [5.41, 5.74) is 1.93. The highest BCUT2D eigenvalue weighted by Gasteiger charge is 2.14. The molecule has 90 valence electrons. The Bertz CT molecular complexity index is 544. The molecule has 0 bridgehead atoms. The summed E-state index contributed by atoms with van der Waals surface area (Å²) < 4.78 is 28.8. The maximum atomic E-state index is 13.1. The summed E-state index contributed by atoms with van der Waals surface area (Å²) in [5, 5.41) is 4.32. The Morgan fingerprint density at radius 3 is 2.29 bits per heavy atom. The highest BCUT2D eigenvalue weighted by molar-refractivity contribution is 9.10. The number of rotatable bonds is 2. The van der Waals surface area contributed by atoms with Gasteiger partial charge in [0.1, 0.15) is 17.3 Å². The summed E-state index contributed by atoms with van der Waals surface area (Å²) in [4.78, 5) is 0. The van der Waals surface area contributed by atoms with E-state index in [9.17, 15) is 8.78 Å². The van der Waals surface area contributed by atoms with Crippen molar-refractivity contribution >= 4 is 15.9 Å². The Morgan fingerprint density at radius 2 is 1.82 bits per heavy atom. The predicted octanol–water partition coefficient (Wildman–Crippen LogP) is 3.92. The minimum absolute atomic E-state index is 0.435. The molecule has 0 saturated heterocycles. The van der Waals surface area contributed by atoms with Gasteiger partial charge in [-0.1, -0.05) is 0 Å². The van der Waals surface area contributed by atoms with Crippen molar-refractivity contribution in [1.82, 2.24) is 9.78 Å². The van der Waals surface area contributed by atoms with E-state index >= 15 is 0 Å². The Hall–Kier alpha value is -1.23. The highest BCUT2D eigenvalue weighted by atomic mass is 79.9. The number of benzene rings is 1. The van der Waals surface area contributed by atoms with Crippen LogP contribution in [0.4, 0.5) is 8.78 Å². The lowest BCUT2D eigenvalue weighted by molar-refractivity contribution is 0.583. The number of nitrogens with zero attached hydrogens (tertiary/aromatic N) is 2. The number of halogens is 3. The summed E-state index contributed by atoms with van der Waals surface area (Å²) in [7, 11) is 0. The highest BCUT2D eigenvalue weighted by Crippen LogP contribution is 2.30. The van der Waals surface area contributed by atoms with Crippen LogP contribution in [0.3, 0.4) is 0 Å². The molecule has 0 amide bonds. The van der Waals surface area contributed by atoms with Gasteiger partial charge in [-0.3, -0.25) is 4.68 Å². The van der Waals surface area contributed by atoms with Crippen LogP contribution in [0.5, 0.6) is 0 Å². The maximum absolute atomic E-state index is 13.1. The average molecular weight is 301 g/mol. The standard InChI is InChI=1S/C12H11BrF2N2/c1-3-17-7(2)11(13)12(16-17)8-4-9(14)6-10(15)5-8/h4-6H,3H2,1-2H3. The van der Waals surface area contributed by atoms with Gasteiger partial charge in [0.25, 0.3) is 0 Å². The van der Waals surface area contributed by atoms with Gasteiger partial charge in [-0.25, -0.2) is 8.78 Å². The predicted molar refractivity (Wildman–Crippen MR) is 65.7 cm³/mol. The van der Waals surface area contributed by atoms with Crippen molar-refractivity contribution in [3.05, 3.63) is 40.0 Å². The molecule has 5 heteroatoms. The molecule has 0 radical (unpaired) electrons. The zero-order valence-electron chi connectivity index (χ0n) is 9.47. The Morgan fingerprint density at radius 1 is 1.24 bits per heavy atom. The summed E-state index contributed by atoms with van der Waals surface area (Å²) in [6.45, 7) is 4.57. The first-order valence-electron chi connectivity index (χ1n) is 5.22. The van der Waals surface area contributed by atoms with E-state index in [1.54, 1.807) is 4.68 Å². The topological polar surface area (TPSA) is 17.8 Å². The third kappa shape index (κ3) is 2.24. The number of aryl methyl sites for hydroxylation is 1. The van der Waals surface area contributed by atoms with Crippen molar-refractivity contribution in [3.63, 3.8) is 0 Å². The molecule has 0 aliphatic carbocycles. The first-order chi connectivity index (χ1) is 8.02. The van der Waals surface area contributed by atoms with Crippen molar-refractivity contribution in [3.8, 4) is 11.3 Å². The Labute approximate surface area is 106 Å². The molecule has 17 heavy (non-hydrogen) atoms. The van der Waals surface area contributed by atoms with Gasteiger partial charge in [-0.2, -0.15) is 5.10 Å². The molecular formula is C12H11BrF2N2. The van der Waals surface area contributed by atoms with Crippen LogP contribution in [0.25, 0.3) is 11.3 Å². The molecule has 2 aromatic rings. The van der Waals surface area contributed by atoms with Crippen molar-refractivity contribution in [2.24, 2.45) is 0 Å². The molecule has 0 atom stereocenters. The zero-order valence-corrected chi connectivity index (χ0v) is 11.1. The van der Waals surface area contributed by atoms with Crippen LogP contribution in [-0.4, -0.2) is 9.78 Å². The third-order valence-corrected chi connectivity index (χ3v) is 3.52. The van der Waals surface area contributed by atoms with Crippen molar-refractivity contribution in [1.29, 1.82) is 0 Å². The van der Waals surface area contributed by atoms with Crippen LogP contribution in [0.1, 0.15) is 12.6 Å². The van der Waals surface area contributed by atoms with Crippen molar-refractivity contribution < 1.29 is 8.78 Å². The zero-order chi connectivity index (χ0) is 12.6. The van der Waals surface area contributed by atoms with Gasteiger partial charge in [-0.05, 0) is 41.9 Å². The summed E-state index contributed by atoms with van der Waals surface area (Å²) in [6.07, 6.45) is 0. The van der Waals surface area contributed by atoms with Crippen LogP contribution in [0.15, 0.2) is 22.7 Å². The van der Waals surface area contributed by atoms with Crippen LogP contribution in [0, 0.1) is 18.6 Å². The van der Waals surface area contributed by atoms with Gasteiger partial charge in [0.15, 0.2) is 0 Å². The molecule has 0 N–H and O–H groups in total. The van der Waals surface area contributed by atoms with Crippen LogP contribution >= 0.6 is 15.9 Å². The smallest absolute Gasteiger partial charge is 0.126 e. The number of aromatic nitrogens is 2. The molecule has 2 nitrogen and oxygen atoms in total. The fourth-order valence-electron chi connectivity index (χ4n) is 1.71. The molecule has 2 rings (SSSR count). The second kappa shape index (κ2) is 4.56. The molecule has 1 aromatic heterocycles. The van der Waals surface area contributed by atoms with Crippen molar-refractivity contribution in [2.45, 2.75) is 20.4 Å². The van der Waals surface area contributed by atoms with E-state index in [4.69, 9.17) is 0 Å². The molecule has 0 unspecified atom stereocenters. The van der Waals surface area contributed by atoms with Crippen molar-refractivity contribution in [2.75, 3.05) is 0 Å². The summed E-state index contributed by atoms with van der Waals surface area (Å²) in [6, 6.07) is 3.40. The van der Waals surface area contributed by atoms with E-state index < -0.39 is 11.6 Å². The number of hydrogen-bond acceptors (Lipinski definition) is 1. The van der Waals surface area contributed by atoms with E-state index in [0.29, 0.717) is 17.8 Å². The monoisotopic (exact) mass is 300 g/mol. The largest absolute Gasteiger partial charge is 0.268 e. The Kier molecular flexibility index (Phi) is 3.28. The average Bonchev–Trinajstić information content (AvgIpc) is 2.54. The molecule has 0 aliphatic rings. The van der Waals surface area contributed by atoms with E-state index in [1.807, 2.05) is 13.8 Å². The lowest BCUT2D eigenvalue weighted by Crippen LogP contribution is -1.98. The first kappa shape index (κ1) is 12.2. The van der Waals surface area contributed by atoms with Crippen LogP contribution < -0.4 is 0 Å². The lowest BCUT2D eigenvalue weighted by Gasteiger charge is -1.99.